The largest absolute Gasteiger partial charge is 0.496 e. The zero-order valence-corrected chi connectivity index (χ0v) is 12.4. The van der Waals surface area contributed by atoms with Crippen LogP contribution in [-0.2, 0) is 6.42 Å². The Hall–Kier alpha value is -2.16. The van der Waals surface area contributed by atoms with Gasteiger partial charge in [-0.3, -0.25) is 9.78 Å². The molecule has 0 saturated carbocycles. The first-order valence-corrected chi connectivity index (χ1v) is 7.33. The highest BCUT2D eigenvalue weighted by Gasteiger charge is 2.30. The van der Waals surface area contributed by atoms with Gasteiger partial charge in [-0.2, -0.15) is 0 Å². The number of hydrogen-bond donors (Lipinski definition) is 0. The second kappa shape index (κ2) is 5.68. The van der Waals surface area contributed by atoms with Gasteiger partial charge in [0.05, 0.1) is 24.3 Å². The zero-order valence-electron chi connectivity index (χ0n) is 12.4. The minimum absolute atomic E-state index is 0.121. The van der Waals surface area contributed by atoms with Gasteiger partial charge in [-0.25, -0.2) is 0 Å². The van der Waals surface area contributed by atoms with E-state index in [2.05, 4.69) is 11.1 Å². The van der Waals surface area contributed by atoms with Crippen LogP contribution in [0.2, 0.25) is 0 Å². The molecule has 21 heavy (non-hydrogen) atoms. The van der Waals surface area contributed by atoms with E-state index in [1.54, 1.807) is 13.3 Å². The average Bonchev–Trinajstić information content (AvgIpc) is 2.53. The number of Topliss-reactive ketones (excluding diaryl/α,β-unsaturated/α-hetero) is 1. The van der Waals surface area contributed by atoms with Crippen molar-refractivity contribution >= 4 is 5.78 Å². The number of nitrogens with zero attached hydrogens (tertiary/aromatic N) is 1. The Kier molecular flexibility index (Phi) is 3.74. The van der Waals surface area contributed by atoms with E-state index in [9.17, 15) is 4.79 Å². The van der Waals surface area contributed by atoms with Gasteiger partial charge in [-0.05, 0) is 49.9 Å². The fraction of sp³-hybridized carbons (Fsp3) is 0.333. The summed E-state index contributed by atoms with van der Waals surface area (Å²) < 4.78 is 5.36. The molecule has 0 spiro atoms. The average molecular weight is 281 g/mol. The third-order valence-corrected chi connectivity index (χ3v) is 4.13. The van der Waals surface area contributed by atoms with Gasteiger partial charge in [0.25, 0.3) is 0 Å². The summed E-state index contributed by atoms with van der Waals surface area (Å²) in [5.74, 6) is 0.620. The summed E-state index contributed by atoms with van der Waals surface area (Å²) in [5, 5.41) is 0. The Morgan fingerprint density at radius 3 is 3.00 bits per heavy atom. The Balaban J connectivity index is 2.02. The van der Waals surface area contributed by atoms with Crippen LogP contribution < -0.4 is 4.74 Å². The number of aryl methyl sites for hydroxylation is 2. The van der Waals surface area contributed by atoms with E-state index in [4.69, 9.17) is 4.74 Å². The Morgan fingerprint density at radius 1 is 1.33 bits per heavy atom. The van der Waals surface area contributed by atoms with Gasteiger partial charge in [-0.1, -0.05) is 17.7 Å². The maximum Gasteiger partial charge on any atom is 0.175 e. The predicted octanol–water partition coefficient (Wildman–Crippen LogP) is 3.70. The van der Waals surface area contributed by atoms with Crippen LogP contribution in [-0.4, -0.2) is 17.9 Å². The number of carbonyl (C=O) groups is 1. The number of fused-ring (bicyclic) bond motifs is 1. The lowest BCUT2D eigenvalue weighted by molar-refractivity contribution is 0.0946. The molecular formula is C18H19NO2. The van der Waals surface area contributed by atoms with Gasteiger partial charge in [-0.15, -0.1) is 0 Å². The number of ketones is 1. The molecule has 0 N–H and O–H groups in total. The Labute approximate surface area is 125 Å². The quantitative estimate of drug-likeness (QED) is 0.805. The summed E-state index contributed by atoms with van der Waals surface area (Å²) in [5.41, 5.74) is 3.88. The number of ether oxygens (including phenoxy) is 1. The molecule has 3 rings (SSSR count). The first-order chi connectivity index (χ1) is 10.2. The fourth-order valence-corrected chi connectivity index (χ4v) is 3.07. The van der Waals surface area contributed by atoms with Crippen molar-refractivity contribution in [3.8, 4) is 5.75 Å². The highest BCUT2D eigenvalue weighted by Crippen LogP contribution is 2.34. The lowest BCUT2D eigenvalue weighted by atomic mass is 9.81. The SMILES string of the molecule is COc1ccc(C)cc1C(=O)C1CCCc2cccnc21. The highest BCUT2D eigenvalue weighted by molar-refractivity contribution is 6.03. The number of benzene rings is 1. The lowest BCUT2D eigenvalue weighted by Crippen LogP contribution is -2.20. The van der Waals surface area contributed by atoms with Crippen LogP contribution in [0, 0.1) is 6.92 Å². The van der Waals surface area contributed by atoms with Crippen molar-refractivity contribution in [1.82, 2.24) is 4.98 Å². The number of aromatic nitrogens is 1. The van der Waals surface area contributed by atoms with Crippen LogP contribution in [0.5, 0.6) is 5.75 Å². The second-order valence-corrected chi connectivity index (χ2v) is 5.56. The summed E-state index contributed by atoms with van der Waals surface area (Å²) >= 11 is 0. The first-order valence-electron chi connectivity index (χ1n) is 7.33. The van der Waals surface area contributed by atoms with E-state index >= 15 is 0 Å². The molecule has 0 radical (unpaired) electrons. The molecular weight excluding hydrogens is 262 g/mol. The fourth-order valence-electron chi connectivity index (χ4n) is 3.07. The topological polar surface area (TPSA) is 39.2 Å². The minimum Gasteiger partial charge on any atom is -0.496 e. The zero-order chi connectivity index (χ0) is 14.8. The molecule has 1 aromatic heterocycles. The summed E-state index contributed by atoms with van der Waals surface area (Å²) in [4.78, 5) is 17.4. The molecule has 3 heteroatoms. The number of methoxy groups -OCH3 is 1. The Morgan fingerprint density at radius 2 is 2.19 bits per heavy atom. The van der Waals surface area contributed by atoms with Gasteiger partial charge in [0.2, 0.25) is 0 Å². The molecule has 1 unspecified atom stereocenters. The maximum atomic E-state index is 13.0. The molecule has 3 nitrogen and oxygen atoms in total. The van der Waals surface area contributed by atoms with E-state index in [-0.39, 0.29) is 11.7 Å². The molecule has 108 valence electrons. The first kappa shape index (κ1) is 13.8. The molecule has 2 aromatic rings. The van der Waals surface area contributed by atoms with Crippen molar-refractivity contribution in [3.63, 3.8) is 0 Å². The maximum absolute atomic E-state index is 13.0. The monoisotopic (exact) mass is 281 g/mol. The summed E-state index contributed by atoms with van der Waals surface area (Å²) in [6.45, 7) is 1.99. The van der Waals surface area contributed by atoms with Crippen molar-refractivity contribution in [2.24, 2.45) is 0 Å². The van der Waals surface area contributed by atoms with E-state index in [1.807, 2.05) is 31.2 Å². The van der Waals surface area contributed by atoms with Crippen LogP contribution >= 0.6 is 0 Å². The van der Waals surface area contributed by atoms with Crippen LogP contribution in [0.4, 0.5) is 0 Å². The van der Waals surface area contributed by atoms with Crippen LogP contribution in [0.25, 0.3) is 0 Å². The molecule has 0 amide bonds. The van der Waals surface area contributed by atoms with Gasteiger partial charge < -0.3 is 4.74 Å². The number of carbonyl (C=O) groups excluding carboxylic acids is 1. The lowest BCUT2D eigenvalue weighted by Gasteiger charge is -2.23. The van der Waals surface area contributed by atoms with Gasteiger partial charge in [0, 0.05) is 6.20 Å². The molecule has 1 aliphatic rings. The van der Waals surface area contributed by atoms with Crippen molar-refractivity contribution in [3.05, 3.63) is 58.9 Å². The van der Waals surface area contributed by atoms with Crippen molar-refractivity contribution < 1.29 is 9.53 Å². The van der Waals surface area contributed by atoms with Gasteiger partial charge >= 0.3 is 0 Å². The molecule has 0 fully saturated rings. The molecule has 1 aromatic carbocycles. The second-order valence-electron chi connectivity index (χ2n) is 5.56. The van der Waals surface area contributed by atoms with Crippen molar-refractivity contribution in [1.29, 1.82) is 0 Å². The van der Waals surface area contributed by atoms with Gasteiger partial charge in [0.1, 0.15) is 5.75 Å². The molecule has 0 saturated heterocycles. The molecule has 1 heterocycles. The third-order valence-electron chi connectivity index (χ3n) is 4.13. The molecule has 1 aliphatic carbocycles. The minimum atomic E-state index is -0.148. The smallest absolute Gasteiger partial charge is 0.175 e. The predicted molar refractivity (Wildman–Crippen MR) is 82.0 cm³/mol. The summed E-state index contributed by atoms with van der Waals surface area (Å²) in [6, 6.07) is 9.76. The highest BCUT2D eigenvalue weighted by atomic mass is 16.5. The van der Waals surface area contributed by atoms with Crippen LogP contribution in [0.1, 0.15) is 45.9 Å². The van der Waals surface area contributed by atoms with Crippen molar-refractivity contribution in [2.45, 2.75) is 32.1 Å². The molecule has 0 aliphatic heterocycles. The van der Waals surface area contributed by atoms with Crippen LogP contribution in [0.3, 0.4) is 0 Å². The van der Waals surface area contributed by atoms with E-state index in [1.165, 1.54) is 5.56 Å². The van der Waals surface area contributed by atoms with Gasteiger partial charge in [0.15, 0.2) is 5.78 Å². The molecule has 1 atom stereocenters. The number of rotatable bonds is 3. The standard InChI is InChI=1S/C18H19NO2/c1-12-8-9-16(21-2)15(11-12)18(20)14-7-3-5-13-6-4-10-19-17(13)14/h4,6,8-11,14H,3,5,7H2,1-2H3. The van der Waals surface area contributed by atoms with Crippen LogP contribution in [0.15, 0.2) is 36.5 Å². The molecule has 0 bridgehead atoms. The van der Waals surface area contributed by atoms with E-state index < -0.39 is 0 Å². The summed E-state index contributed by atoms with van der Waals surface area (Å²) in [7, 11) is 1.61. The normalized spacial score (nSPS) is 17.1. The Bertz CT molecular complexity index is 679. The van der Waals surface area contributed by atoms with E-state index in [0.717, 1.165) is 30.5 Å². The summed E-state index contributed by atoms with van der Waals surface area (Å²) in [6.07, 6.45) is 4.68. The number of pyridine rings is 1. The third kappa shape index (κ3) is 2.56. The van der Waals surface area contributed by atoms with E-state index in [0.29, 0.717) is 11.3 Å². The number of hydrogen-bond acceptors (Lipinski definition) is 3. The van der Waals surface area contributed by atoms with Crippen molar-refractivity contribution in [2.75, 3.05) is 7.11 Å².